The maximum Gasteiger partial charge on any atom is 0.388 e. The van der Waals surface area contributed by atoms with Crippen LogP contribution in [0.5, 0.6) is 17.4 Å². The summed E-state index contributed by atoms with van der Waals surface area (Å²) < 4.78 is 46.0. The molecule has 0 fully saturated rings. The number of nitrogens with one attached hydrogen (secondary N) is 1. The molecule has 0 aliphatic heterocycles. The molecule has 4 aromatic rings. The lowest BCUT2D eigenvalue weighted by Gasteiger charge is -2.14. The highest BCUT2D eigenvalue weighted by Crippen LogP contribution is 2.42. The number of phenols is 2. The van der Waals surface area contributed by atoms with Gasteiger partial charge < -0.3 is 20.3 Å². The van der Waals surface area contributed by atoms with E-state index >= 15 is 0 Å². The maximum atomic E-state index is 13.6. The predicted octanol–water partition coefficient (Wildman–Crippen LogP) is 4.91. The van der Waals surface area contributed by atoms with Crippen LogP contribution in [-0.2, 0) is 13.5 Å². The third kappa shape index (κ3) is 5.88. The lowest BCUT2D eigenvalue weighted by Crippen LogP contribution is -2.29. The molecule has 0 aliphatic carbocycles. The maximum absolute atomic E-state index is 13.6. The minimum Gasteiger partial charge on any atom is -0.507 e. The molecule has 0 aliphatic rings. The van der Waals surface area contributed by atoms with Crippen LogP contribution in [0.25, 0.3) is 22.4 Å². The fraction of sp³-hybridized carbons (Fsp3) is 0.222. The van der Waals surface area contributed by atoms with Crippen LogP contribution >= 0.6 is 0 Å². The van der Waals surface area contributed by atoms with Gasteiger partial charge in [0.25, 0.3) is 5.91 Å². The van der Waals surface area contributed by atoms with Crippen LogP contribution < -0.4 is 10.1 Å². The fourth-order valence-electron chi connectivity index (χ4n) is 4.08. The zero-order valence-electron chi connectivity index (χ0n) is 20.5. The summed E-state index contributed by atoms with van der Waals surface area (Å²) >= 11 is 0. The Kier molecular flexibility index (Phi) is 7.85. The highest BCUT2D eigenvalue weighted by atomic mass is 19.3. The Morgan fingerprint density at radius 3 is 2.58 bits per heavy atom. The Balaban J connectivity index is 1.61. The third-order valence-electron chi connectivity index (χ3n) is 5.83. The summed E-state index contributed by atoms with van der Waals surface area (Å²) in [5.74, 6) is -1.91. The Bertz CT molecular complexity index is 1460. The molecule has 0 spiro atoms. The molecule has 2 heterocycles. The molecule has 0 saturated carbocycles. The summed E-state index contributed by atoms with van der Waals surface area (Å²) in [4.78, 5) is 16.8. The second-order valence-electron chi connectivity index (χ2n) is 8.76. The number of ether oxygens (including phenoxy) is 1. The second-order valence-corrected chi connectivity index (χ2v) is 8.76. The molecule has 8 nitrogen and oxygen atoms in total. The Morgan fingerprint density at radius 1 is 1.11 bits per heavy atom. The van der Waals surface area contributed by atoms with Crippen LogP contribution in [0.1, 0.15) is 23.0 Å². The molecule has 0 saturated heterocycles. The minimum absolute atomic E-state index is 0.0705. The van der Waals surface area contributed by atoms with Gasteiger partial charge >= 0.3 is 6.61 Å². The second kappa shape index (κ2) is 11.2. The molecular weight excluding hydrogens is 501 g/mol. The van der Waals surface area contributed by atoms with Gasteiger partial charge in [-0.05, 0) is 54.3 Å². The number of hydrogen-bond donors (Lipinski definition) is 3. The number of hydrogen-bond acceptors (Lipinski definition) is 6. The first-order valence-corrected chi connectivity index (χ1v) is 11.7. The molecule has 0 radical (unpaired) electrons. The minimum atomic E-state index is -3.13. The van der Waals surface area contributed by atoms with Crippen molar-refractivity contribution in [1.82, 2.24) is 20.1 Å². The summed E-state index contributed by atoms with van der Waals surface area (Å²) in [6.45, 7) is -0.940. The van der Waals surface area contributed by atoms with E-state index in [1.165, 1.54) is 31.4 Å². The zero-order chi connectivity index (χ0) is 27.4. The van der Waals surface area contributed by atoms with E-state index in [4.69, 9.17) is 4.74 Å². The topological polar surface area (TPSA) is 110 Å². The molecule has 3 N–H and O–H groups in total. The summed E-state index contributed by atoms with van der Waals surface area (Å²) in [5, 5.41) is 27.2. The van der Waals surface area contributed by atoms with Crippen molar-refractivity contribution < 1.29 is 32.9 Å². The first-order chi connectivity index (χ1) is 18.1. The fourth-order valence-corrected chi connectivity index (χ4v) is 4.08. The van der Waals surface area contributed by atoms with E-state index in [-0.39, 0.29) is 39.9 Å². The van der Waals surface area contributed by atoms with Gasteiger partial charge in [-0.3, -0.25) is 9.78 Å². The zero-order valence-corrected chi connectivity index (χ0v) is 20.5. The lowest BCUT2D eigenvalue weighted by molar-refractivity contribution is -0.0549. The van der Waals surface area contributed by atoms with Crippen molar-refractivity contribution in [2.45, 2.75) is 20.0 Å². The number of aryl methyl sites for hydroxylation is 1. The molecule has 4 rings (SSSR count). The van der Waals surface area contributed by atoms with E-state index in [1.54, 1.807) is 24.3 Å². The van der Waals surface area contributed by atoms with Crippen molar-refractivity contribution in [3.05, 3.63) is 77.9 Å². The van der Waals surface area contributed by atoms with Gasteiger partial charge in [0.2, 0.25) is 5.88 Å². The first-order valence-electron chi connectivity index (χ1n) is 11.7. The van der Waals surface area contributed by atoms with Crippen LogP contribution in [0.15, 0.2) is 60.8 Å². The van der Waals surface area contributed by atoms with Crippen molar-refractivity contribution >= 4 is 5.91 Å². The van der Waals surface area contributed by atoms with E-state index in [9.17, 15) is 28.2 Å². The SMILES string of the molecule is CC(CNC(=O)c1ccccc1O)Cc1cc(-c2c(-c3ccc(F)cc3O)nn(C)c2OC(F)F)ccn1. The van der Waals surface area contributed by atoms with E-state index in [0.29, 0.717) is 24.2 Å². The number of aromatic nitrogens is 3. The summed E-state index contributed by atoms with van der Waals surface area (Å²) in [6, 6.07) is 12.8. The van der Waals surface area contributed by atoms with Crippen molar-refractivity contribution in [3.8, 4) is 39.8 Å². The predicted molar refractivity (Wildman–Crippen MR) is 133 cm³/mol. The highest BCUT2D eigenvalue weighted by Gasteiger charge is 2.25. The van der Waals surface area contributed by atoms with Crippen LogP contribution in [0, 0.1) is 11.7 Å². The average molecular weight is 527 g/mol. The molecule has 38 heavy (non-hydrogen) atoms. The van der Waals surface area contributed by atoms with Gasteiger partial charge in [0.15, 0.2) is 0 Å². The largest absolute Gasteiger partial charge is 0.507 e. The van der Waals surface area contributed by atoms with Crippen molar-refractivity contribution in [3.63, 3.8) is 0 Å². The Hall–Kier alpha value is -4.54. The summed E-state index contributed by atoms with van der Waals surface area (Å²) in [7, 11) is 1.42. The van der Waals surface area contributed by atoms with Crippen molar-refractivity contribution in [1.29, 1.82) is 0 Å². The average Bonchev–Trinajstić information content (AvgIpc) is 3.17. The standard InChI is InChI=1S/C27H25F3N4O4/c1-15(14-32-25(37)20-5-3-4-6-21(20)35)11-18-12-16(9-10-31-18)23-24(19-8-7-17(28)13-22(19)36)33-34(2)26(23)38-27(29)30/h3-10,12-13,15,27,35-36H,11,14H2,1-2H3,(H,32,37). The van der Waals surface area contributed by atoms with Crippen LogP contribution in [0.3, 0.4) is 0 Å². The first kappa shape index (κ1) is 26.5. The van der Waals surface area contributed by atoms with Gasteiger partial charge in [-0.25, -0.2) is 9.07 Å². The van der Waals surface area contributed by atoms with E-state index in [2.05, 4.69) is 15.4 Å². The number of pyridine rings is 1. The smallest absolute Gasteiger partial charge is 0.388 e. The quantitative estimate of drug-likeness (QED) is 0.286. The molecule has 1 atom stereocenters. The van der Waals surface area contributed by atoms with Gasteiger partial charge in [-0.2, -0.15) is 13.9 Å². The monoisotopic (exact) mass is 526 g/mol. The van der Waals surface area contributed by atoms with Crippen LogP contribution in [0.2, 0.25) is 0 Å². The van der Waals surface area contributed by atoms with Gasteiger partial charge in [-0.1, -0.05) is 19.1 Å². The lowest BCUT2D eigenvalue weighted by atomic mass is 9.98. The highest BCUT2D eigenvalue weighted by molar-refractivity contribution is 5.96. The number of benzene rings is 2. The van der Waals surface area contributed by atoms with Crippen LogP contribution in [-0.4, -0.2) is 44.0 Å². The Labute approximate surface area is 216 Å². The van der Waals surface area contributed by atoms with E-state index in [1.807, 2.05) is 6.92 Å². The number of amides is 1. The number of carbonyl (C=O) groups excluding carboxylic acids is 1. The van der Waals surface area contributed by atoms with Gasteiger partial charge in [-0.15, -0.1) is 0 Å². The number of rotatable bonds is 9. The molecule has 198 valence electrons. The number of aromatic hydroxyl groups is 2. The molecular formula is C27H25F3N4O4. The third-order valence-corrected chi connectivity index (χ3v) is 5.83. The normalized spacial score (nSPS) is 11.9. The number of halogens is 3. The molecule has 2 aromatic carbocycles. The van der Waals surface area contributed by atoms with Gasteiger partial charge in [0.05, 0.1) is 11.1 Å². The van der Waals surface area contributed by atoms with Crippen molar-refractivity contribution in [2.24, 2.45) is 13.0 Å². The summed E-state index contributed by atoms with van der Waals surface area (Å²) in [6.07, 6.45) is 1.93. The van der Waals surface area contributed by atoms with E-state index in [0.717, 1.165) is 16.8 Å². The number of nitrogens with zero attached hydrogens (tertiary/aromatic N) is 3. The molecule has 1 amide bonds. The molecule has 2 aromatic heterocycles. The molecule has 1 unspecified atom stereocenters. The molecule has 11 heteroatoms. The summed E-state index contributed by atoms with van der Waals surface area (Å²) in [5.41, 5.74) is 1.66. The number of carbonyl (C=O) groups is 1. The number of phenolic OH excluding ortho intramolecular Hbond substituents is 2. The Morgan fingerprint density at radius 2 is 1.87 bits per heavy atom. The van der Waals surface area contributed by atoms with Gasteiger partial charge in [0, 0.05) is 37.1 Å². The van der Waals surface area contributed by atoms with Crippen molar-refractivity contribution in [2.75, 3.05) is 6.54 Å². The molecule has 0 bridgehead atoms. The number of para-hydroxylation sites is 1. The van der Waals surface area contributed by atoms with Gasteiger partial charge in [0.1, 0.15) is 23.0 Å². The number of alkyl halides is 2. The van der Waals surface area contributed by atoms with Crippen LogP contribution in [0.4, 0.5) is 13.2 Å². The van der Waals surface area contributed by atoms with E-state index < -0.39 is 24.1 Å².